The first-order valence-electron chi connectivity index (χ1n) is 5.30. The third kappa shape index (κ3) is 4.57. The highest BCUT2D eigenvalue weighted by Crippen LogP contribution is 2.16. The monoisotopic (exact) mass is 335 g/mol. The van der Waals surface area contributed by atoms with E-state index in [0.29, 0.717) is 5.69 Å². The summed E-state index contributed by atoms with van der Waals surface area (Å²) in [5.74, 6) is -0.317. The molecule has 0 bridgehead atoms. The number of nitrogens with one attached hydrogen (secondary N) is 1. The Hall–Kier alpha value is -0.620. The molecule has 0 aliphatic heterocycles. The lowest BCUT2D eigenvalue weighted by Gasteiger charge is -2.19. The number of carbonyl (C=O) groups is 1. The van der Waals surface area contributed by atoms with Crippen molar-refractivity contribution >= 4 is 39.1 Å². The molecule has 1 rings (SSSR count). The highest BCUT2D eigenvalue weighted by molar-refractivity contribution is 9.10. The second-order valence-electron chi connectivity index (χ2n) is 3.63. The van der Waals surface area contributed by atoms with E-state index >= 15 is 0 Å². The van der Waals surface area contributed by atoms with E-state index in [0.717, 1.165) is 4.47 Å². The zero-order valence-corrected chi connectivity index (χ0v) is 12.5. The lowest BCUT2D eigenvalue weighted by atomic mass is 10.2. The molecule has 1 N–H and O–H groups in total. The average Bonchev–Trinajstić information content (AvgIpc) is 2.37. The molecular weight excluding hydrogens is 321 g/mol. The van der Waals surface area contributed by atoms with Gasteiger partial charge in [-0.1, -0.05) is 15.9 Å². The summed E-state index contributed by atoms with van der Waals surface area (Å²) >= 11 is 9.35. The van der Waals surface area contributed by atoms with E-state index in [1.54, 1.807) is 12.1 Å². The maximum absolute atomic E-state index is 11.9. The van der Waals surface area contributed by atoms with E-state index in [9.17, 15) is 4.79 Å². The Morgan fingerprint density at radius 2 is 2.00 bits per heavy atom. The zero-order valence-electron chi connectivity index (χ0n) is 10.2. The van der Waals surface area contributed by atoms with Crippen LogP contribution in [0.5, 0.6) is 0 Å². The Kier molecular flexibility index (Phi) is 6.63. The topological polar surface area (TPSA) is 47.6 Å². The smallest absolute Gasteiger partial charge is 0.245 e. The number of rotatable bonds is 6. The number of amides is 1. The second-order valence-corrected chi connectivity index (χ2v) is 5.01. The summed E-state index contributed by atoms with van der Waals surface area (Å²) in [6.45, 7) is 0.262. The summed E-state index contributed by atoms with van der Waals surface area (Å²) in [6, 6.07) is 7.23. The molecule has 1 aromatic carbocycles. The van der Waals surface area contributed by atoms with Crippen molar-refractivity contribution in [3.63, 3.8) is 0 Å². The molecule has 0 radical (unpaired) electrons. The van der Waals surface area contributed by atoms with Crippen molar-refractivity contribution in [3.8, 4) is 0 Å². The third-order valence-electron chi connectivity index (χ3n) is 2.32. The molecule has 0 spiro atoms. The van der Waals surface area contributed by atoms with Gasteiger partial charge in [0.2, 0.25) is 5.91 Å². The van der Waals surface area contributed by atoms with Gasteiger partial charge < -0.3 is 14.8 Å². The van der Waals surface area contributed by atoms with Gasteiger partial charge in [-0.25, -0.2) is 0 Å². The van der Waals surface area contributed by atoms with Crippen molar-refractivity contribution in [1.82, 2.24) is 0 Å². The van der Waals surface area contributed by atoms with Crippen LogP contribution in [0.3, 0.4) is 0 Å². The SMILES string of the molecule is COC[C@@H](OC)[C@@H](Cl)C(=O)Nc1ccc(Br)cc1. The molecule has 0 aliphatic carbocycles. The largest absolute Gasteiger partial charge is 0.382 e. The molecule has 0 saturated heterocycles. The van der Waals surface area contributed by atoms with Crippen molar-refractivity contribution in [2.75, 3.05) is 26.1 Å². The Morgan fingerprint density at radius 3 is 2.50 bits per heavy atom. The summed E-state index contributed by atoms with van der Waals surface area (Å²) in [5, 5.41) is 1.91. The molecule has 1 amide bonds. The predicted octanol–water partition coefficient (Wildman–Crippen LogP) is 2.66. The predicted molar refractivity (Wildman–Crippen MR) is 75.1 cm³/mol. The van der Waals surface area contributed by atoms with Crippen molar-refractivity contribution in [2.45, 2.75) is 11.5 Å². The van der Waals surface area contributed by atoms with E-state index in [-0.39, 0.29) is 12.5 Å². The number of carbonyl (C=O) groups excluding carboxylic acids is 1. The van der Waals surface area contributed by atoms with Crippen LogP contribution in [0.15, 0.2) is 28.7 Å². The van der Waals surface area contributed by atoms with E-state index < -0.39 is 11.5 Å². The first kappa shape index (κ1) is 15.4. The fraction of sp³-hybridized carbons (Fsp3) is 0.417. The number of benzene rings is 1. The van der Waals surface area contributed by atoms with Crippen molar-refractivity contribution in [2.24, 2.45) is 0 Å². The number of methoxy groups -OCH3 is 2. The molecule has 0 unspecified atom stereocenters. The summed E-state index contributed by atoms with van der Waals surface area (Å²) < 4.78 is 11.0. The molecule has 4 nitrogen and oxygen atoms in total. The average molecular weight is 337 g/mol. The number of alkyl halides is 1. The zero-order chi connectivity index (χ0) is 13.5. The van der Waals surface area contributed by atoms with Gasteiger partial charge in [0.15, 0.2) is 0 Å². The van der Waals surface area contributed by atoms with Crippen molar-refractivity contribution in [3.05, 3.63) is 28.7 Å². The molecule has 0 heterocycles. The van der Waals surface area contributed by atoms with Crippen LogP contribution in [0.4, 0.5) is 5.69 Å². The first-order valence-corrected chi connectivity index (χ1v) is 6.53. The lowest BCUT2D eigenvalue weighted by molar-refractivity contribution is -0.119. The van der Waals surface area contributed by atoms with Crippen molar-refractivity contribution in [1.29, 1.82) is 0 Å². The van der Waals surface area contributed by atoms with Gasteiger partial charge in [0.25, 0.3) is 0 Å². The van der Waals surface area contributed by atoms with Crippen LogP contribution in [-0.2, 0) is 14.3 Å². The van der Waals surface area contributed by atoms with Crippen LogP contribution in [0, 0.1) is 0 Å². The summed E-state index contributed by atoms with van der Waals surface area (Å²) in [4.78, 5) is 11.9. The number of hydrogen-bond acceptors (Lipinski definition) is 3. The van der Waals surface area contributed by atoms with Crippen LogP contribution in [0.25, 0.3) is 0 Å². The first-order chi connectivity index (χ1) is 8.58. The third-order valence-corrected chi connectivity index (χ3v) is 3.33. The minimum Gasteiger partial charge on any atom is -0.382 e. The van der Waals surface area contributed by atoms with Crippen LogP contribution in [0.2, 0.25) is 0 Å². The minimum absolute atomic E-state index is 0.262. The van der Waals surface area contributed by atoms with Gasteiger partial charge in [0.05, 0.1) is 6.61 Å². The maximum atomic E-state index is 11.9. The molecule has 1 aromatic rings. The normalized spacial score (nSPS) is 14.0. The molecule has 6 heteroatoms. The molecule has 0 aliphatic rings. The summed E-state index contributed by atoms with van der Waals surface area (Å²) in [6.07, 6.45) is -0.480. The lowest BCUT2D eigenvalue weighted by Crippen LogP contribution is -2.37. The molecule has 0 aromatic heterocycles. The van der Waals surface area contributed by atoms with E-state index in [1.807, 2.05) is 12.1 Å². The summed E-state index contributed by atoms with van der Waals surface area (Å²) in [7, 11) is 3.02. The minimum atomic E-state index is -0.807. The van der Waals surface area contributed by atoms with Crippen LogP contribution >= 0.6 is 27.5 Å². The molecule has 18 heavy (non-hydrogen) atoms. The number of halogens is 2. The van der Waals surface area contributed by atoms with Crippen LogP contribution in [0.1, 0.15) is 0 Å². The standard InChI is InChI=1S/C12H15BrClNO3/c1-17-7-10(18-2)11(14)12(16)15-9-5-3-8(13)4-6-9/h3-6,10-11H,7H2,1-2H3,(H,15,16)/t10-,11-/m1/s1. The van der Waals surface area contributed by atoms with Gasteiger partial charge in [0, 0.05) is 24.4 Å². The highest BCUT2D eigenvalue weighted by Gasteiger charge is 2.26. The summed E-state index contributed by atoms with van der Waals surface area (Å²) in [5.41, 5.74) is 0.682. The Labute approximate surface area is 120 Å². The van der Waals surface area contributed by atoms with Crippen molar-refractivity contribution < 1.29 is 14.3 Å². The maximum Gasteiger partial charge on any atom is 0.245 e. The quantitative estimate of drug-likeness (QED) is 0.813. The number of anilines is 1. The molecule has 0 fully saturated rings. The fourth-order valence-electron chi connectivity index (χ4n) is 1.35. The van der Waals surface area contributed by atoms with Gasteiger partial charge in [-0.05, 0) is 24.3 Å². The van der Waals surface area contributed by atoms with Gasteiger partial charge >= 0.3 is 0 Å². The Morgan fingerprint density at radius 1 is 1.39 bits per heavy atom. The Bertz CT molecular complexity index is 385. The molecule has 2 atom stereocenters. The molecule has 100 valence electrons. The van der Waals surface area contributed by atoms with Gasteiger partial charge in [-0.3, -0.25) is 4.79 Å². The van der Waals surface area contributed by atoms with Gasteiger partial charge in [-0.15, -0.1) is 11.6 Å². The van der Waals surface area contributed by atoms with E-state index in [1.165, 1.54) is 14.2 Å². The van der Waals surface area contributed by atoms with Crippen LogP contribution < -0.4 is 5.32 Å². The van der Waals surface area contributed by atoms with Gasteiger partial charge in [-0.2, -0.15) is 0 Å². The fourth-order valence-corrected chi connectivity index (χ4v) is 1.84. The Balaban J connectivity index is 2.61. The van der Waals surface area contributed by atoms with E-state index in [2.05, 4.69) is 21.2 Å². The molecule has 0 saturated carbocycles. The second kappa shape index (κ2) is 7.74. The van der Waals surface area contributed by atoms with Crippen LogP contribution in [-0.4, -0.2) is 38.2 Å². The van der Waals surface area contributed by atoms with Gasteiger partial charge in [0.1, 0.15) is 11.5 Å². The number of hydrogen-bond donors (Lipinski definition) is 1. The number of ether oxygens (including phenoxy) is 2. The van der Waals surface area contributed by atoms with E-state index in [4.69, 9.17) is 21.1 Å². The highest BCUT2D eigenvalue weighted by atomic mass is 79.9. The molecular formula is C12H15BrClNO3.